The molecule has 0 radical (unpaired) electrons. The fourth-order valence-electron chi connectivity index (χ4n) is 2.08. The molecule has 0 saturated carbocycles. The SMILES string of the molecule is CCC(CC)c1ccc(C(N)CC(=O)O)cc1. The van der Waals surface area contributed by atoms with Gasteiger partial charge in [-0.3, -0.25) is 4.79 Å². The minimum atomic E-state index is -0.860. The van der Waals surface area contributed by atoms with E-state index in [0.29, 0.717) is 5.92 Å². The average Bonchev–Trinajstić information content (AvgIpc) is 2.30. The van der Waals surface area contributed by atoms with Crippen LogP contribution in [0.15, 0.2) is 24.3 Å². The third-order valence-corrected chi connectivity index (χ3v) is 3.22. The van der Waals surface area contributed by atoms with E-state index in [0.717, 1.165) is 18.4 Å². The number of hydrogen-bond donors (Lipinski definition) is 2. The first-order valence-corrected chi connectivity index (χ1v) is 6.15. The number of nitrogens with two attached hydrogens (primary N) is 1. The number of carboxylic acids is 1. The van der Waals surface area contributed by atoms with Gasteiger partial charge in [-0.25, -0.2) is 0 Å². The molecule has 3 heteroatoms. The van der Waals surface area contributed by atoms with Crippen LogP contribution in [0.5, 0.6) is 0 Å². The molecule has 0 aliphatic heterocycles. The van der Waals surface area contributed by atoms with E-state index in [4.69, 9.17) is 10.8 Å². The molecule has 94 valence electrons. The highest BCUT2D eigenvalue weighted by Crippen LogP contribution is 2.24. The van der Waals surface area contributed by atoms with Crippen LogP contribution in [0, 0.1) is 0 Å². The van der Waals surface area contributed by atoms with Gasteiger partial charge >= 0.3 is 5.97 Å². The van der Waals surface area contributed by atoms with Crippen molar-refractivity contribution in [3.8, 4) is 0 Å². The van der Waals surface area contributed by atoms with Crippen LogP contribution < -0.4 is 5.73 Å². The Balaban J connectivity index is 2.76. The smallest absolute Gasteiger partial charge is 0.305 e. The first-order valence-electron chi connectivity index (χ1n) is 6.15. The van der Waals surface area contributed by atoms with Crippen LogP contribution in [-0.4, -0.2) is 11.1 Å². The molecule has 0 heterocycles. The van der Waals surface area contributed by atoms with Gasteiger partial charge in [0.05, 0.1) is 6.42 Å². The van der Waals surface area contributed by atoms with Crippen molar-refractivity contribution in [3.05, 3.63) is 35.4 Å². The Hall–Kier alpha value is -1.35. The Morgan fingerprint density at radius 2 is 1.65 bits per heavy atom. The van der Waals surface area contributed by atoms with Gasteiger partial charge in [0.25, 0.3) is 0 Å². The molecular weight excluding hydrogens is 214 g/mol. The monoisotopic (exact) mass is 235 g/mol. The topological polar surface area (TPSA) is 63.3 Å². The highest BCUT2D eigenvalue weighted by Gasteiger charge is 2.12. The molecule has 17 heavy (non-hydrogen) atoms. The van der Waals surface area contributed by atoms with E-state index < -0.39 is 12.0 Å². The predicted molar refractivity (Wildman–Crippen MR) is 68.9 cm³/mol. The molecular formula is C14H21NO2. The van der Waals surface area contributed by atoms with Gasteiger partial charge in [-0.2, -0.15) is 0 Å². The predicted octanol–water partition coefficient (Wildman–Crippen LogP) is 3.06. The van der Waals surface area contributed by atoms with Crippen LogP contribution in [-0.2, 0) is 4.79 Å². The van der Waals surface area contributed by atoms with E-state index in [9.17, 15) is 4.79 Å². The Bertz CT molecular complexity index is 355. The van der Waals surface area contributed by atoms with Gasteiger partial charge in [0.2, 0.25) is 0 Å². The minimum Gasteiger partial charge on any atom is -0.481 e. The summed E-state index contributed by atoms with van der Waals surface area (Å²) in [4.78, 5) is 10.6. The second-order valence-electron chi connectivity index (χ2n) is 4.38. The zero-order valence-electron chi connectivity index (χ0n) is 10.5. The number of hydrogen-bond acceptors (Lipinski definition) is 2. The van der Waals surface area contributed by atoms with Gasteiger partial charge in [0, 0.05) is 6.04 Å². The van der Waals surface area contributed by atoms with E-state index in [1.54, 1.807) is 0 Å². The normalized spacial score (nSPS) is 12.7. The van der Waals surface area contributed by atoms with Crippen molar-refractivity contribution in [2.24, 2.45) is 5.73 Å². The molecule has 0 aliphatic carbocycles. The maximum absolute atomic E-state index is 10.6. The summed E-state index contributed by atoms with van der Waals surface area (Å²) < 4.78 is 0. The second kappa shape index (κ2) is 6.40. The van der Waals surface area contributed by atoms with Crippen molar-refractivity contribution < 1.29 is 9.90 Å². The highest BCUT2D eigenvalue weighted by molar-refractivity contribution is 5.67. The van der Waals surface area contributed by atoms with Gasteiger partial charge in [-0.1, -0.05) is 38.1 Å². The largest absolute Gasteiger partial charge is 0.481 e. The van der Waals surface area contributed by atoms with Crippen molar-refractivity contribution in [1.82, 2.24) is 0 Å². The summed E-state index contributed by atoms with van der Waals surface area (Å²) in [5, 5.41) is 8.68. The zero-order valence-corrected chi connectivity index (χ0v) is 10.5. The van der Waals surface area contributed by atoms with Gasteiger partial charge in [0.15, 0.2) is 0 Å². The summed E-state index contributed by atoms with van der Waals surface area (Å²) in [6.07, 6.45) is 2.22. The third-order valence-electron chi connectivity index (χ3n) is 3.22. The number of benzene rings is 1. The Kier molecular flexibility index (Phi) is 5.16. The first-order chi connectivity index (χ1) is 8.08. The summed E-state index contributed by atoms with van der Waals surface area (Å²) >= 11 is 0. The van der Waals surface area contributed by atoms with E-state index in [1.807, 2.05) is 12.1 Å². The lowest BCUT2D eigenvalue weighted by Crippen LogP contribution is -2.15. The summed E-state index contributed by atoms with van der Waals surface area (Å²) in [6, 6.07) is 7.61. The number of carboxylic acid groups (broad SMARTS) is 1. The Morgan fingerprint density at radius 1 is 1.18 bits per heavy atom. The van der Waals surface area contributed by atoms with E-state index in [-0.39, 0.29) is 6.42 Å². The molecule has 0 aliphatic rings. The molecule has 0 bridgehead atoms. The Morgan fingerprint density at radius 3 is 2.06 bits per heavy atom. The highest BCUT2D eigenvalue weighted by atomic mass is 16.4. The lowest BCUT2D eigenvalue weighted by molar-refractivity contribution is -0.137. The third kappa shape index (κ3) is 3.86. The molecule has 1 rings (SSSR count). The maximum atomic E-state index is 10.6. The van der Waals surface area contributed by atoms with Gasteiger partial charge in [-0.15, -0.1) is 0 Å². The number of rotatable bonds is 6. The van der Waals surface area contributed by atoms with Crippen LogP contribution in [0.25, 0.3) is 0 Å². The molecule has 0 fully saturated rings. The molecule has 0 aromatic heterocycles. The van der Waals surface area contributed by atoms with Crippen molar-refractivity contribution in [2.75, 3.05) is 0 Å². The molecule has 3 N–H and O–H groups in total. The van der Waals surface area contributed by atoms with Gasteiger partial charge < -0.3 is 10.8 Å². The summed E-state index contributed by atoms with van der Waals surface area (Å²) in [5.41, 5.74) is 8.00. The second-order valence-corrected chi connectivity index (χ2v) is 4.38. The lowest BCUT2D eigenvalue weighted by atomic mass is 9.92. The van der Waals surface area contributed by atoms with Crippen LogP contribution in [0.2, 0.25) is 0 Å². The number of aliphatic carboxylic acids is 1. The first kappa shape index (κ1) is 13.7. The maximum Gasteiger partial charge on any atom is 0.305 e. The summed E-state index contributed by atoms with van der Waals surface area (Å²) in [5.74, 6) is -0.277. The number of carbonyl (C=O) groups is 1. The standard InChI is InChI=1S/C14H21NO2/c1-3-10(4-2)11-5-7-12(8-6-11)13(15)9-14(16)17/h5-8,10,13H,3-4,9,15H2,1-2H3,(H,16,17). The molecule has 1 atom stereocenters. The molecule has 1 aromatic rings. The van der Waals surface area contributed by atoms with E-state index >= 15 is 0 Å². The lowest BCUT2D eigenvalue weighted by Gasteiger charge is -2.15. The zero-order chi connectivity index (χ0) is 12.8. The van der Waals surface area contributed by atoms with Crippen LogP contribution in [0.3, 0.4) is 0 Å². The quantitative estimate of drug-likeness (QED) is 0.796. The van der Waals surface area contributed by atoms with E-state index in [1.165, 1.54) is 5.56 Å². The fourth-order valence-corrected chi connectivity index (χ4v) is 2.08. The average molecular weight is 235 g/mol. The summed E-state index contributed by atoms with van der Waals surface area (Å²) in [6.45, 7) is 4.36. The minimum absolute atomic E-state index is 0.0235. The fraction of sp³-hybridized carbons (Fsp3) is 0.500. The van der Waals surface area contributed by atoms with Crippen LogP contribution >= 0.6 is 0 Å². The van der Waals surface area contributed by atoms with Gasteiger partial charge in [-0.05, 0) is 29.9 Å². The van der Waals surface area contributed by atoms with E-state index in [2.05, 4.69) is 26.0 Å². The molecule has 3 nitrogen and oxygen atoms in total. The molecule has 0 spiro atoms. The van der Waals surface area contributed by atoms with Crippen molar-refractivity contribution in [3.63, 3.8) is 0 Å². The Labute approximate surface area is 103 Å². The molecule has 0 saturated heterocycles. The molecule has 1 unspecified atom stereocenters. The van der Waals surface area contributed by atoms with Crippen molar-refractivity contribution >= 4 is 5.97 Å². The molecule has 0 amide bonds. The van der Waals surface area contributed by atoms with Gasteiger partial charge in [0.1, 0.15) is 0 Å². The van der Waals surface area contributed by atoms with Crippen LogP contribution in [0.1, 0.15) is 56.2 Å². The van der Waals surface area contributed by atoms with Crippen LogP contribution in [0.4, 0.5) is 0 Å². The van der Waals surface area contributed by atoms with Crippen molar-refractivity contribution in [1.29, 1.82) is 0 Å². The molecule has 1 aromatic carbocycles. The summed E-state index contributed by atoms with van der Waals surface area (Å²) in [7, 11) is 0. The van der Waals surface area contributed by atoms with Crippen molar-refractivity contribution in [2.45, 2.75) is 45.1 Å².